The van der Waals surface area contributed by atoms with Crippen LogP contribution in [0.5, 0.6) is 0 Å². The van der Waals surface area contributed by atoms with Gasteiger partial charge in [0.2, 0.25) is 0 Å². The van der Waals surface area contributed by atoms with Gasteiger partial charge in [-0.25, -0.2) is 4.79 Å². The zero-order valence-corrected chi connectivity index (χ0v) is 8.54. The fourth-order valence-electron chi connectivity index (χ4n) is 2.06. The molecule has 2 rings (SSSR count). The Bertz CT molecular complexity index is 419. The molecule has 0 spiro atoms. The number of carboxylic acids is 1. The SMILES string of the molecule is CC1CCc2[nH]cc(C(=O)O)c2C(=O)C1. The predicted octanol–water partition coefficient (Wildman–Crippen LogP) is 1.87. The number of fused-ring (bicyclic) bond motifs is 1. The minimum atomic E-state index is -1.03. The van der Waals surface area contributed by atoms with Gasteiger partial charge in [-0.15, -0.1) is 0 Å². The molecule has 0 aliphatic heterocycles. The fraction of sp³-hybridized carbons (Fsp3) is 0.455. The topological polar surface area (TPSA) is 70.2 Å². The number of aromatic amines is 1. The number of hydrogen-bond donors (Lipinski definition) is 2. The molecule has 4 heteroatoms. The van der Waals surface area contributed by atoms with E-state index in [2.05, 4.69) is 4.98 Å². The van der Waals surface area contributed by atoms with Crippen LogP contribution in [0, 0.1) is 5.92 Å². The van der Waals surface area contributed by atoms with Gasteiger partial charge in [0.25, 0.3) is 0 Å². The molecule has 1 aliphatic carbocycles. The summed E-state index contributed by atoms with van der Waals surface area (Å²) in [5.74, 6) is -0.746. The fourth-order valence-corrected chi connectivity index (χ4v) is 2.06. The van der Waals surface area contributed by atoms with Gasteiger partial charge in [-0.2, -0.15) is 0 Å². The zero-order chi connectivity index (χ0) is 11.0. The second-order valence-electron chi connectivity index (χ2n) is 4.13. The average molecular weight is 207 g/mol. The molecule has 0 saturated heterocycles. The molecule has 4 nitrogen and oxygen atoms in total. The van der Waals surface area contributed by atoms with Crippen molar-refractivity contribution >= 4 is 11.8 Å². The summed E-state index contributed by atoms with van der Waals surface area (Å²) in [6, 6.07) is 0. The van der Waals surface area contributed by atoms with Crippen LogP contribution in [0.4, 0.5) is 0 Å². The standard InChI is InChI=1S/C11H13NO3/c1-6-2-3-8-10(9(13)4-6)7(5-12-8)11(14)15/h5-6,12H,2-4H2,1H3,(H,14,15). The van der Waals surface area contributed by atoms with Crippen LogP contribution in [0.15, 0.2) is 6.20 Å². The van der Waals surface area contributed by atoms with E-state index in [0.717, 1.165) is 18.5 Å². The molecule has 1 unspecified atom stereocenters. The number of nitrogens with one attached hydrogen (secondary N) is 1. The van der Waals surface area contributed by atoms with Crippen molar-refractivity contribution < 1.29 is 14.7 Å². The highest BCUT2D eigenvalue weighted by Crippen LogP contribution is 2.26. The van der Waals surface area contributed by atoms with Gasteiger partial charge in [0, 0.05) is 18.3 Å². The number of carbonyl (C=O) groups excluding carboxylic acids is 1. The number of hydrogen-bond acceptors (Lipinski definition) is 2. The van der Waals surface area contributed by atoms with Gasteiger partial charge >= 0.3 is 5.97 Å². The minimum absolute atomic E-state index is 0.0475. The molecular formula is C11H13NO3. The van der Waals surface area contributed by atoms with E-state index in [9.17, 15) is 9.59 Å². The molecule has 1 heterocycles. The van der Waals surface area contributed by atoms with Crippen LogP contribution >= 0.6 is 0 Å². The number of ketones is 1. The Kier molecular flexibility index (Phi) is 2.34. The molecule has 0 bridgehead atoms. The Morgan fingerprint density at radius 3 is 3.00 bits per heavy atom. The molecular weight excluding hydrogens is 194 g/mol. The van der Waals surface area contributed by atoms with Crippen LogP contribution in [-0.2, 0) is 6.42 Å². The molecule has 15 heavy (non-hydrogen) atoms. The molecule has 2 N–H and O–H groups in total. The third kappa shape index (κ3) is 1.67. The summed E-state index contributed by atoms with van der Waals surface area (Å²) >= 11 is 0. The average Bonchev–Trinajstić information content (AvgIpc) is 2.52. The lowest BCUT2D eigenvalue weighted by Gasteiger charge is -2.03. The first kappa shape index (κ1) is 9.96. The molecule has 0 radical (unpaired) electrons. The van der Waals surface area contributed by atoms with Crippen LogP contribution in [-0.4, -0.2) is 21.8 Å². The van der Waals surface area contributed by atoms with E-state index >= 15 is 0 Å². The Labute approximate surface area is 87.3 Å². The van der Waals surface area contributed by atoms with Crippen LogP contribution in [0.25, 0.3) is 0 Å². The van der Waals surface area contributed by atoms with Crippen molar-refractivity contribution in [3.05, 3.63) is 23.0 Å². The molecule has 0 saturated carbocycles. The highest BCUT2D eigenvalue weighted by atomic mass is 16.4. The molecule has 0 amide bonds. The van der Waals surface area contributed by atoms with Gasteiger partial charge in [-0.1, -0.05) is 6.92 Å². The first-order valence-electron chi connectivity index (χ1n) is 5.06. The number of H-pyrrole nitrogens is 1. The van der Waals surface area contributed by atoms with E-state index < -0.39 is 5.97 Å². The Hall–Kier alpha value is -1.58. The van der Waals surface area contributed by atoms with Gasteiger partial charge < -0.3 is 10.1 Å². The van der Waals surface area contributed by atoms with E-state index in [1.165, 1.54) is 6.20 Å². The first-order valence-corrected chi connectivity index (χ1v) is 5.06. The number of carbonyl (C=O) groups is 2. The van der Waals surface area contributed by atoms with E-state index in [1.807, 2.05) is 6.92 Å². The third-order valence-corrected chi connectivity index (χ3v) is 2.89. The summed E-state index contributed by atoms with van der Waals surface area (Å²) in [7, 11) is 0. The van der Waals surface area contributed by atoms with Crippen molar-refractivity contribution in [3.8, 4) is 0 Å². The Balaban J connectivity index is 2.48. The number of rotatable bonds is 1. The number of aryl methyl sites for hydroxylation is 1. The monoisotopic (exact) mass is 207 g/mol. The van der Waals surface area contributed by atoms with Crippen molar-refractivity contribution in [1.82, 2.24) is 4.98 Å². The van der Waals surface area contributed by atoms with Crippen molar-refractivity contribution in [2.45, 2.75) is 26.2 Å². The molecule has 0 aromatic carbocycles. The summed E-state index contributed by atoms with van der Waals surface area (Å²) in [6.45, 7) is 2.02. The zero-order valence-electron chi connectivity index (χ0n) is 8.54. The second-order valence-corrected chi connectivity index (χ2v) is 4.13. The summed E-state index contributed by atoms with van der Waals surface area (Å²) in [4.78, 5) is 25.6. The molecule has 1 aliphatic rings. The van der Waals surface area contributed by atoms with Gasteiger partial charge in [-0.3, -0.25) is 4.79 Å². The summed E-state index contributed by atoms with van der Waals surface area (Å²) in [5.41, 5.74) is 1.29. The van der Waals surface area contributed by atoms with Gasteiger partial charge in [0.1, 0.15) is 0 Å². The highest BCUT2D eigenvalue weighted by Gasteiger charge is 2.26. The molecule has 1 aromatic heterocycles. The first-order chi connectivity index (χ1) is 7.09. The maximum atomic E-state index is 11.8. The lowest BCUT2D eigenvalue weighted by Crippen LogP contribution is -2.08. The third-order valence-electron chi connectivity index (χ3n) is 2.89. The highest BCUT2D eigenvalue weighted by molar-refractivity contribution is 6.07. The van der Waals surface area contributed by atoms with Crippen molar-refractivity contribution in [2.24, 2.45) is 5.92 Å². The molecule has 1 aromatic rings. The Morgan fingerprint density at radius 2 is 2.33 bits per heavy atom. The van der Waals surface area contributed by atoms with Crippen LogP contribution in [0.3, 0.4) is 0 Å². The van der Waals surface area contributed by atoms with Crippen molar-refractivity contribution in [1.29, 1.82) is 0 Å². The predicted molar refractivity (Wildman–Crippen MR) is 54.2 cm³/mol. The maximum Gasteiger partial charge on any atom is 0.337 e. The second kappa shape index (κ2) is 3.53. The minimum Gasteiger partial charge on any atom is -0.478 e. The van der Waals surface area contributed by atoms with Crippen molar-refractivity contribution in [2.75, 3.05) is 0 Å². The number of aromatic nitrogens is 1. The summed E-state index contributed by atoms with van der Waals surface area (Å²) in [5, 5.41) is 8.93. The van der Waals surface area contributed by atoms with E-state index in [-0.39, 0.29) is 11.3 Å². The quantitative estimate of drug-likeness (QED) is 0.690. The Morgan fingerprint density at radius 1 is 1.60 bits per heavy atom. The van der Waals surface area contributed by atoms with Crippen LogP contribution < -0.4 is 0 Å². The lowest BCUT2D eigenvalue weighted by molar-refractivity contribution is 0.0692. The van der Waals surface area contributed by atoms with Gasteiger partial charge in [0.15, 0.2) is 5.78 Å². The number of aromatic carboxylic acids is 1. The molecule has 0 fully saturated rings. The molecule has 1 atom stereocenters. The summed E-state index contributed by atoms with van der Waals surface area (Å²) < 4.78 is 0. The van der Waals surface area contributed by atoms with E-state index in [1.54, 1.807) is 0 Å². The number of Topliss-reactive ketones (excluding diaryl/α,β-unsaturated/α-hetero) is 1. The van der Waals surface area contributed by atoms with E-state index in [0.29, 0.717) is 17.9 Å². The number of carboxylic acid groups (broad SMARTS) is 1. The smallest absolute Gasteiger partial charge is 0.337 e. The lowest BCUT2D eigenvalue weighted by atomic mass is 10.0. The molecule has 80 valence electrons. The largest absolute Gasteiger partial charge is 0.478 e. The maximum absolute atomic E-state index is 11.8. The normalized spacial score (nSPS) is 20.9. The summed E-state index contributed by atoms with van der Waals surface area (Å²) in [6.07, 6.45) is 3.56. The van der Waals surface area contributed by atoms with Crippen LogP contribution in [0.1, 0.15) is 46.2 Å². The van der Waals surface area contributed by atoms with Gasteiger partial charge in [0.05, 0.1) is 11.1 Å². The van der Waals surface area contributed by atoms with Crippen LogP contribution in [0.2, 0.25) is 0 Å². The van der Waals surface area contributed by atoms with Crippen molar-refractivity contribution in [3.63, 3.8) is 0 Å². The van der Waals surface area contributed by atoms with Gasteiger partial charge in [-0.05, 0) is 18.8 Å². The van der Waals surface area contributed by atoms with E-state index in [4.69, 9.17) is 5.11 Å².